The Kier molecular flexibility index (Phi) is 5.14. The second kappa shape index (κ2) is 8.17. The smallest absolute Gasteiger partial charge is 0.0623 e. The highest BCUT2D eigenvalue weighted by atomic mass is 28.3. The lowest BCUT2D eigenvalue weighted by atomic mass is 9.82. The van der Waals surface area contributed by atoms with E-state index in [-0.39, 0.29) is 5.41 Å². The quantitative estimate of drug-likeness (QED) is 0.242. The molecular formula is C37H37Si. The molecule has 1 aliphatic carbocycles. The highest BCUT2D eigenvalue weighted by Crippen LogP contribution is 2.55. The Labute approximate surface area is 230 Å². The molecule has 0 saturated carbocycles. The predicted molar refractivity (Wildman–Crippen MR) is 166 cm³/mol. The average molecular weight is 510 g/mol. The molecule has 0 N–H and O–H groups in total. The van der Waals surface area contributed by atoms with Gasteiger partial charge < -0.3 is 0 Å². The van der Waals surface area contributed by atoms with E-state index in [1.807, 2.05) is 0 Å². The number of allylic oxidation sites excluding steroid dienone is 1. The predicted octanol–water partition coefficient (Wildman–Crippen LogP) is 8.94. The van der Waals surface area contributed by atoms with Crippen LogP contribution in [0.4, 0.5) is 0 Å². The molecule has 3 aliphatic rings. The van der Waals surface area contributed by atoms with Gasteiger partial charge in [0, 0.05) is 5.54 Å². The van der Waals surface area contributed by atoms with E-state index >= 15 is 0 Å². The van der Waals surface area contributed by atoms with Crippen LogP contribution in [0.15, 0.2) is 78.4 Å². The zero-order valence-corrected chi connectivity index (χ0v) is 24.7. The summed E-state index contributed by atoms with van der Waals surface area (Å²) in [6, 6.07) is 28.7. The number of rotatable bonds is 3. The van der Waals surface area contributed by atoms with Crippen molar-refractivity contribution in [2.24, 2.45) is 5.41 Å². The molecule has 2 aliphatic heterocycles. The summed E-state index contributed by atoms with van der Waals surface area (Å²) in [5.41, 5.74) is 16.8. The summed E-state index contributed by atoms with van der Waals surface area (Å²) in [4.78, 5) is 0. The Balaban J connectivity index is 1.62. The van der Waals surface area contributed by atoms with Gasteiger partial charge in [0.2, 0.25) is 0 Å². The Hall–Kier alpha value is -3.16. The first-order chi connectivity index (χ1) is 18.1. The fourth-order valence-corrected chi connectivity index (χ4v) is 11.2. The second-order valence-electron chi connectivity index (χ2n) is 13.2. The Bertz CT molecular complexity index is 1630. The Morgan fingerprint density at radius 2 is 1.32 bits per heavy atom. The molecule has 4 aromatic carbocycles. The third kappa shape index (κ3) is 3.27. The van der Waals surface area contributed by atoms with Crippen LogP contribution in [0.2, 0.25) is 0 Å². The van der Waals surface area contributed by atoms with Gasteiger partial charge in [-0.15, -0.1) is 0 Å². The third-order valence-corrected chi connectivity index (χ3v) is 12.3. The van der Waals surface area contributed by atoms with Crippen molar-refractivity contribution in [3.63, 3.8) is 0 Å². The van der Waals surface area contributed by atoms with Crippen LogP contribution in [0.1, 0.15) is 88.1 Å². The average Bonchev–Trinajstić information content (AvgIpc) is 3.41. The second-order valence-corrected chi connectivity index (χ2v) is 15.6. The van der Waals surface area contributed by atoms with Gasteiger partial charge in [0.1, 0.15) is 8.80 Å². The molecule has 0 fully saturated rings. The fraction of sp³-hybridized carbons (Fsp3) is 0.297. The lowest BCUT2D eigenvalue weighted by molar-refractivity contribution is 0.494. The lowest BCUT2D eigenvalue weighted by Gasteiger charge is -2.32. The SMILES string of the molecule is CC(C)c1cc(-c2c3ccc4c2C(C(C(C)(C)C)=C4)[Si]2c4ccccc4-c4cccc-3c42)cc(C(C)C)c1. The van der Waals surface area contributed by atoms with E-state index < -0.39 is 8.80 Å². The minimum atomic E-state index is -1.07. The summed E-state index contributed by atoms with van der Waals surface area (Å²) >= 11 is 0. The lowest BCUT2D eigenvalue weighted by Crippen LogP contribution is -2.45. The van der Waals surface area contributed by atoms with Crippen molar-refractivity contribution in [3.05, 3.63) is 101 Å². The number of hydrogen-bond acceptors (Lipinski definition) is 0. The van der Waals surface area contributed by atoms with Gasteiger partial charge >= 0.3 is 0 Å². The molecule has 1 heteroatoms. The van der Waals surface area contributed by atoms with Crippen LogP contribution < -0.4 is 10.4 Å². The van der Waals surface area contributed by atoms with E-state index in [0.717, 1.165) is 0 Å². The molecular weight excluding hydrogens is 472 g/mol. The number of hydrogen-bond donors (Lipinski definition) is 0. The van der Waals surface area contributed by atoms with Gasteiger partial charge in [0.05, 0.1) is 0 Å². The molecule has 0 aromatic heterocycles. The maximum absolute atomic E-state index is 2.56. The monoisotopic (exact) mass is 509 g/mol. The molecule has 7 rings (SSSR count). The van der Waals surface area contributed by atoms with Crippen LogP contribution in [0, 0.1) is 5.41 Å². The van der Waals surface area contributed by atoms with Crippen molar-refractivity contribution in [2.75, 3.05) is 0 Å². The van der Waals surface area contributed by atoms with Gasteiger partial charge in [0.15, 0.2) is 0 Å². The number of benzene rings is 4. The maximum atomic E-state index is 2.56. The highest BCUT2D eigenvalue weighted by Gasteiger charge is 2.48. The van der Waals surface area contributed by atoms with Crippen LogP contribution in [0.3, 0.4) is 0 Å². The van der Waals surface area contributed by atoms with Crippen molar-refractivity contribution < 1.29 is 0 Å². The van der Waals surface area contributed by atoms with Gasteiger partial charge in [-0.25, -0.2) is 0 Å². The topological polar surface area (TPSA) is 0 Å². The molecule has 189 valence electrons. The molecule has 1 radical (unpaired) electrons. The van der Waals surface area contributed by atoms with Crippen molar-refractivity contribution in [3.8, 4) is 33.4 Å². The molecule has 0 amide bonds. The van der Waals surface area contributed by atoms with Gasteiger partial charge in [-0.3, -0.25) is 0 Å². The summed E-state index contributed by atoms with van der Waals surface area (Å²) in [6.45, 7) is 16.6. The maximum Gasteiger partial charge on any atom is 0.135 e. The van der Waals surface area contributed by atoms with Crippen molar-refractivity contribution in [1.29, 1.82) is 0 Å². The summed E-state index contributed by atoms with van der Waals surface area (Å²) in [5, 5.41) is 3.23. The van der Waals surface area contributed by atoms with Crippen molar-refractivity contribution >= 4 is 25.2 Å². The van der Waals surface area contributed by atoms with Crippen LogP contribution >= 0.6 is 0 Å². The largest absolute Gasteiger partial charge is 0.135 e. The minimum Gasteiger partial charge on any atom is -0.0623 e. The molecule has 0 spiro atoms. The summed E-state index contributed by atoms with van der Waals surface area (Å²) in [5.74, 6) is 1.00. The molecule has 2 bridgehead atoms. The molecule has 38 heavy (non-hydrogen) atoms. The first-order valence-corrected chi connectivity index (χ1v) is 15.9. The zero-order chi connectivity index (χ0) is 26.5. The van der Waals surface area contributed by atoms with E-state index in [4.69, 9.17) is 0 Å². The summed E-state index contributed by atoms with van der Waals surface area (Å²) < 4.78 is 0. The standard InChI is InChI=1S/C37H37Si/c1-21(2)24-17-25(22(3)4)19-26(18-24)33-28-16-15-23-20-31(37(5,6)7)36(34(23)33)38-32-14-9-8-11-27(32)29-12-10-13-30(28)35(29)38/h8-22,36H,1-7H3. The molecule has 1 unspecified atom stereocenters. The van der Waals surface area contributed by atoms with Gasteiger partial charge in [0.25, 0.3) is 0 Å². The summed E-state index contributed by atoms with van der Waals surface area (Å²) in [6.07, 6.45) is 2.56. The molecule has 1 atom stereocenters. The van der Waals surface area contributed by atoms with Crippen molar-refractivity contribution in [1.82, 2.24) is 0 Å². The first kappa shape index (κ1) is 23.9. The van der Waals surface area contributed by atoms with Crippen LogP contribution in [0.25, 0.3) is 39.5 Å². The minimum absolute atomic E-state index is 0.110. The van der Waals surface area contributed by atoms with E-state index in [1.165, 1.54) is 50.1 Å². The van der Waals surface area contributed by atoms with Crippen LogP contribution in [-0.4, -0.2) is 8.80 Å². The fourth-order valence-electron chi connectivity index (χ4n) is 7.13. The molecule has 2 heterocycles. The molecule has 0 saturated heterocycles. The normalized spacial score (nSPS) is 17.1. The van der Waals surface area contributed by atoms with Crippen LogP contribution in [-0.2, 0) is 0 Å². The number of fused-ring (bicyclic) bond motifs is 6. The van der Waals surface area contributed by atoms with E-state index in [0.29, 0.717) is 17.4 Å². The van der Waals surface area contributed by atoms with E-state index in [9.17, 15) is 0 Å². The van der Waals surface area contributed by atoms with E-state index in [2.05, 4.69) is 127 Å². The summed E-state index contributed by atoms with van der Waals surface area (Å²) in [7, 11) is -1.07. The van der Waals surface area contributed by atoms with Crippen LogP contribution in [0.5, 0.6) is 0 Å². The molecule has 0 nitrogen and oxygen atoms in total. The van der Waals surface area contributed by atoms with Gasteiger partial charge in [-0.2, -0.15) is 0 Å². The Morgan fingerprint density at radius 1 is 0.684 bits per heavy atom. The Morgan fingerprint density at radius 3 is 1.97 bits per heavy atom. The van der Waals surface area contributed by atoms with Crippen molar-refractivity contribution in [2.45, 2.75) is 65.8 Å². The highest BCUT2D eigenvalue weighted by molar-refractivity contribution is 6.92. The van der Waals surface area contributed by atoms with Gasteiger partial charge in [-0.05, 0) is 83.3 Å². The third-order valence-electron chi connectivity index (χ3n) is 9.08. The first-order valence-electron chi connectivity index (χ1n) is 14.3. The van der Waals surface area contributed by atoms with Gasteiger partial charge in [-0.1, -0.05) is 133 Å². The molecule has 4 aromatic rings. The van der Waals surface area contributed by atoms with E-state index in [1.54, 1.807) is 21.5 Å². The zero-order valence-electron chi connectivity index (χ0n) is 23.7.